The molecule has 0 saturated heterocycles. The fraction of sp³-hybridized carbons (Fsp3) is 0.100. The second-order valence-electron chi connectivity index (χ2n) is 5.22. The van der Waals surface area contributed by atoms with Gasteiger partial charge >= 0.3 is 0 Å². The Bertz CT molecular complexity index is 922. The number of nitrogens with zero attached hydrogens (tertiary/aromatic N) is 2. The zero-order valence-electron chi connectivity index (χ0n) is 13.6. The van der Waals surface area contributed by atoms with Crippen molar-refractivity contribution in [2.75, 3.05) is 6.61 Å². The van der Waals surface area contributed by atoms with Crippen LogP contribution in [-0.2, 0) is 0 Å². The fourth-order valence-corrected chi connectivity index (χ4v) is 3.08. The molecule has 0 aliphatic rings. The van der Waals surface area contributed by atoms with Crippen molar-refractivity contribution in [3.8, 4) is 23.1 Å². The number of nitriles is 1. The van der Waals surface area contributed by atoms with E-state index < -0.39 is 0 Å². The number of hydrogen-bond donors (Lipinski definition) is 0. The Hall–Kier alpha value is -2.97. The van der Waals surface area contributed by atoms with E-state index in [1.54, 1.807) is 18.2 Å². The summed E-state index contributed by atoms with van der Waals surface area (Å²) in [6.45, 7) is 2.55. The van der Waals surface area contributed by atoms with Crippen LogP contribution in [0.3, 0.4) is 0 Å². The third-order valence-corrected chi connectivity index (χ3v) is 4.37. The van der Waals surface area contributed by atoms with Crippen LogP contribution in [0.5, 0.6) is 5.75 Å². The van der Waals surface area contributed by atoms with Crippen molar-refractivity contribution in [3.63, 3.8) is 0 Å². The van der Waals surface area contributed by atoms with E-state index in [0.29, 0.717) is 17.2 Å². The van der Waals surface area contributed by atoms with Crippen LogP contribution in [0.2, 0.25) is 0 Å². The third kappa shape index (κ3) is 4.11. The Morgan fingerprint density at radius 1 is 1.20 bits per heavy atom. The maximum absolute atomic E-state index is 13.0. The smallest absolute Gasteiger partial charge is 0.134 e. The molecule has 3 aromatic rings. The average molecular weight is 350 g/mol. The van der Waals surface area contributed by atoms with Gasteiger partial charge in [-0.05, 0) is 55.0 Å². The van der Waals surface area contributed by atoms with Gasteiger partial charge in [-0.3, -0.25) is 0 Å². The topological polar surface area (TPSA) is 45.9 Å². The zero-order valence-corrected chi connectivity index (χ0v) is 14.4. The molecule has 3 rings (SSSR count). The standard InChI is InChI=1S/C20H15FN2OS/c1-2-24-18-9-3-14(4-10-18)11-16(12-22)20-23-19(13-25-20)15-5-7-17(21)8-6-15/h3-11,13H,2H2,1H3/b16-11-. The molecular weight excluding hydrogens is 335 g/mol. The SMILES string of the molecule is CCOc1ccc(/C=C(/C#N)c2nc(-c3ccc(F)cc3)cs2)cc1. The summed E-state index contributed by atoms with van der Waals surface area (Å²) < 4.78 is 18.4. The predicted octanol–water partition coefficient (Wildman–Crippen LogP) is 5.41. The molecule has 2 aromatic carbocycles. The Labute approximate surface area is 149 Å². The quantitative estimate of drug-likeness (QED) is 0.578. The van der Waals surface area contributed by atoms with Crippen molar-refractivity contribution in [1.82, 2.24) is 4.98 Å². The molecule has 5 heteroatoms. The van der Waals surface area contributed by atoms with E-state index in [-0.39, 0.29) is 5.82 Å². The zero-order chi connectivity index (χ0) is 17.6. The van der Waals surface area contributed by atoms with Crippen molar-refractivity contribution < 1.29 is 9.13 Å². The maximum Gasteiger partial charge on any atom is 0.134 e. The summed E-state index contributed by atoms with van der Waals surface area (Å²) in [7, 11) is 0. The highest BCUT2D eigenvalue weighted by molar-refractivity contribution is 7.11. The number of benzene rings is 2. The van der Waals surface area contributed by atoms with Crippen LogP contribution in [0, 0.1) is 17.1 Å². The number of allylic oxidation sites excluding steroid dienone is 1. The summed E-state index contributed by atoms with van der Waals surface area (Å²) in [6.07, 6.45) is 1.79. The van der Waals surface area contributed by atoms with Crippen LogP contribution in [0.15, 0.2) is 53.9 Å². The molecule has 3 nitrogen and oxygen atoms in total. The lowest BCUT2D eigenvalue weighted by molar-refractivity contribution is 0.340. The molecule has 0 unspecified atom stereocenters. The summed E-state index contributed by atoms with van der Waals surface area (Å²) in [5.41, 5.74) is 2.94. The normalized spacial score (nSPS) is 11.2. The van der Waals surface area contributed by atoms with Gasteiger partial charge < -0.3 is 4.74 Å². The van der Waals surface area contributed by atoms with Gasteiger partial charge in [-0.2, -0.15) is 5.26 Å². The molecule has 0 amide bonds. The van der Waals surface area contributed by atoms with E-state index in [1.807, 2.05) is 36.6 Å². The van der Waals surface area contributed by atoms with Crippen LogP contribution in [0.1, 0.15) is 17.5 Å². The molecule has 0 N–H and O–H groups in total. The molecule has 25 heavy (non-hydrogen) atoms. The Kier molecular flexibility index (Phi) is 5.22. The molecule has 124 valence electrons. The van der Waals surface area contributed by atoms with E-state index >= 15 is 0 Å². The third-order valence-electron chi connectivity index (χ3n) is 3.50. The van der Waals surface area contributed by atoms with Crippen LogP contribution in [0.4, 0.5) is 4.39 Å². The summed E-state index contributed by atoms with van der Waals surface area (Å²) in [4.78, 5) is 4.51. The van der Waals surface area contributed by atoms with Gasteiger partial charge in [0.2, 0.25) is 0 Å². The Morgan fingerprint density at radius 2 is 1.92 bits per heavy atom. The van der Waals surface area contributed by atoms with Crippen molar-refractivity contribution in [3.05, 3.63) is 70.3 Å². The first-order chi connectivity index (χ1) is 12.2. The predicted molar refractivity (Wildman–Crippen MR) is 98.6 cm³/mol. The summed E-state index contributed by atoms with van der Waals surface area (Å²) >= 11 is 1.39. The lowest BCUT2D eigenvalue weighted by atomic mass is 10.1. The number of halogens is 1. The first-order valence-corrected chi connectivity index (χ1v) is 8.64. The molecule has 0 aliphatic carbocycles. The van der Waals surface area contributed by atoms with Gasteiger partial charge in [0, 0.05) is 10.9 Å². The van der Waals surface area contributed by atoms with E-state index in [0.717, 1.165) is 22.6 Å². The highest BCUT2D eigenvalue weighted by atomic mass is 32.1. The molecule has 0 spiro atoms. The summed E-state index contributed by atoms with van der Waals surface area (Å²) in [6, 6.07) is 15.9. The minimum atomic E-state index is -0.285. The van der Waals surface area contributed by atoms with Gasteiger partial charge in [0.1, 0.15) is 22.6 Å². The second-order valence-corrected chi connectivity index (χ2v) is 6.07. The fourth-order valence-electron chi connectivity index (χ4n) is 2.29. The first-order valence-electron chi connectivity index (χ1n) is 7.76. The number of ether oxygens (including phenoxy) is 1. The second kappa shape index (κ2) is 7.73. The summed E-state index contributed by atoms with van der Waals surface area (Å²) in [5.74, 6) is 0.512. The molecule has 0 fully saturated rings. The molecule has 1 aromatic heterocycles. The lowest BCUT2D eigenvalue weighted by Crippen LogP contribution is -1.90. The molecule has 0 saturated carbocycles. The summed E-state index contributed by atoms with van der Waals surface area (Å²) in [5, 5.41) is 12.0. The van der Waals surface area contributed by atoms with Crippen LogP contribution in [0.25, 0.3) is 22.9 Å². The molecule has 0 aliphatic heterocycles. The highest BCUT2D eigenvalue weighted by Gasteiger charge is 2.09. The van der Waals surface area contributed by atoms with Crippen LogP contribution >= 0.6 is 11.3 Å². The highest BCUT2D eigenvalue weighted by Crippen LogP contribution is 2.27. The van der Waals surface area contributed by atoms with Crippen LogP contribution in [-0.4, -0.2) is 11.6 Å². The van der Waals surface area contributed by atoms with Crippen LogP contribution < -0.4 is 4.74 Å². The van der Waals surface area contributed by atoms with Crippen molar-refractivity contribution >= 4 is 23.0 Å². The average Bonchev–Trinajstić information content (AvgIpc) is 3.12. The minimum absolute atomic E-state index is 0.285. The maximum atomic E-state index is 13.0. The van der Waals surface area contributed by atoms with Crippen molar-refractivity contribution in [2.24, 2.45) is 0 Å². The minimum Gasteiger partial charge on any atom is -0.494 e. The van der Waals surface area contributed by atoms with Gasteiger partial charge in [-0.15, -0.1) is 11.3 Å². The number of hydrogen-bond acceptors (Lipinski definition) is 4. The number of thiazole rings is 1. The molecule has 0 bridgehead atoms. The van der Waals surface area contributed by atoms with E-state index in [1.165, 1.54) is 23.5 Å². The van der Waals surface area contributed by atoms with E-state index in [4.69, 9.17) is 4.74 Å². The Balaban J connectivity index is 1.86. The Morgan fingerprint density at radius 3 is 2.56 bits per heavy atom. The number of aromatic nitrogens is 1. The van der Waals surface area contributed by atoms with Gasteiger partial charge in [0.15, 0.2) is 0 Å². The first kappa shape index (κ1) is 16.9. The van der Waals surface area contributed by atoms with Gasteiger partial charge in [0.25, 0.3) is 0 Å². The molecular formula is C20H15FN2OS. The monoisotopic (exact) mass is 350 g/mol. The molecule has 1 heterocycles. The van der Waals surface area contributed by atoms with Gasteiger partial charge in [0.05, 0.1) is 17.9 Å². The number of rotatable bonds is 5. The van der Waals surface area contributed by atoms with E-state index in [2.05, 4.69) is 11.1 Å². The van der Waals surface area contributed by atoms with E-state index in [9.17, 15) is 9.65 Å². The molecule has 0 radical (unpaired) electrons. The van der Waals surface area contributed by atoms with Gasteiger partial charge in [-0.25, -0.2) is 9.37 Å². The molecule has 0 atom stereocenters. The van der Waals surface area contributed by atoms with Crippen molar-refractivity contribution in [1.29, 1.82) is 5.26 Å². The van der Waals surface area contributed by atoms with Crippen molar-refractivity contribution in [2.45, 2.75) is 6.92 Å². The lowest BCUT2D eigenvalue weighted by Gasteiger charge is -2.02. The van der Waals surface area contributed by atoms with Gasteiger partial charge in [-0.1, -0.05) is 12.1 Å². The largest absolute Gasteiger partial charge is 0.494 e.